The molecule has 1 aromatic heterocycles. The van der Waals surface area contributed by atoms with Crippen LogP contribution in [0.3, 0.4) is 0 Å². The zero-order valence-electron chi connectivity index (χ0n) is 7.03. The molecular formula is C11H9NO. The molecule has 13 heavy (non-hydrogen) atoms. The fraction of sp³-hybridized carbons (Fsp3) is 0. The summed E-state index contributed by atoms with van der Waals surface area (Å²) in [4.78, 5) is 0. The molecule has 0 aliphatic heterocycles. The fourth-order valence-electron chi connectivity index (χ4n) is 1.19. The summed E-state index contributed by atoms with van der Waals surface area (Å²) in [6.07, 6.45) is 1.20. The Morgan fingerprint density at radius 2 is 1.77 bits per heavy atom. The van der Waals surface area contributed by atoms with Crippen molar-refractivity contribution in [1.82, 2.24) is 0 Å². The molecule has 0 bridgehead atoms. The van der Waals surface area contributed by atoms with Gasteiger partial charge in [0, 0.05) is 5.56 Å². The third kappa shape index (κ3) is 1.51. The van der Waals surface area contributed by atoms with Crippen LogP contribution in [0.15, 0.2) is 46.9 Å². The lowest BCUT2D eigenvalue weighted by atomic mass is 10.2. The van der Waals surface area contributed by atoms with Crippen molar-refractivity contribution < 1.29 is 4.42 Å². The molecule has 1 aromatic carbocycles. The van der Waals surface area contributed by atoms with Crippen molar-refractivity contribution >= 4 is 6.21 Å². The maximum Gasteiger partial charge on any atom is 0.145 e. The predicted molar refractivity (Wildman–Crippen MR) is 52.0 cm³/mol. The summed E-state index contributed by atoms with van der Waals surface area (Å²) in [6.45, 7) is 0. The minimum Gasteiger partial charge on any atom is -0.455 e. The molecule has 0 amide bonds. The van der Waals surface area contributed by atoms with Crippen LogP contribution in [0.2, 0.25) is 0 Å². The van der Waals surface area contributed by atoms with Crippen LogP contribution in [-0.4, -0.2) is 6.21 Å². The summed E-state index contributed by atoms with van der Waals surface area (Å²) < 4.78 is 5.38. The van der Waals surface area contributed by atoms with Crippen molar-refractivity contribution in [2.45, 2.75) is 0 Å². The standard InChI is InChI=1S/C11H9NO/c12-8-10-6-7-11(13-10)9-4-2-1-3-5-9/h1-8,12H. The molecule has 2 nitrogen and oxygen atoms in total. The van der Waals surface area contributed by atoms with Gasteiger partial charge in [0.05, 0.1) is 6.21 Å². The molecular weight excluding hydrogens is 162 g/mol. The van der Waals surface area contributed by atoms with E-state index < -0.39 is 0 Å². The van der Waals surface area contributed by atoms with E-state index in [2.05, 4.69) is 0 Å². The fourth-order valence-corrected chi connectivity index (χ4v) is 1.19. The molecule has 0 unspecified atom stereocenters. The van der Waals surface area contributed by atoms with Crippen LogP contribution >= 0.6 is 0 Å². The number of rotatable bonds is 2. The van der Waals surface area contributed by atoms with Crippen LogP contribution in [0, 0.1) is 5.41 Å². The SMILES string of the molecule is N=Cc1ccc(-c2ccccc2)o1. The van der Waals surface area contributed by atoms with Gasteiger partial charge in [-0.15, -0.1) is 0 Å². The second-order valence-electron chi connectivity index (χ2n) is 2.71. The molecule has 0 aliphatic rings. The quantitative estimate of drug-likeness (QED) is 0.693. The maximum atomic E-state index is 7.00. The van der Waals surface area contributed by atoms with Gasteiger partial charge in [0.25, 0.3) is 0 Å². The Balaban J connectivity index is 2.41. The molecule has 2 heteroatoms. The van der Waals surface area contributed by atoms with Gasteiger partial charge in [0.2, 0.25) is 0 Å². The first-order valence-electron chi connectivity index (χ1n) is 4.06. The predicted octanol–water partition coefficient (Wildman–Crippen LogP) is 2.94. The van der Waals surface area contributed by atoms with Crippen LogP contribution in [-0.2, 0) is 0 Å². The molecule has 0 saturated carbocycles. The van der Waals surface area contributed by atoms with Crippen molar-refractivity contribution in [3.05, 3.63) is 48.2 Å². The molecule has 0 saturated heterocycles. The Morgan fingerprint density at radius 1 is 1.00 bits per heavy atom. The van der Waals surface area contributed by atoms with Gasteiger partial charge in [0.15, 0.2) is 0 Å². The molecule has 1 N–H and O–H groups in total. The zero-order valence-corrected chi connectivity index (χ0v) is 7.03. The van der Waals surface area contributed by atoms with E-state index in [1.54, 1.807) is 6.07 Å². The van der Waals surface area contributed by atoms with Crippen molar-refractivity contribution in [2.24, 2.45) is 0 Å². The highest BCUT2D eigenvalue weighted by molar-refractivity contribution is 5.74. The van der Waals surface area contributed by atoms with Crippen molar-refractivity contribution in [3.8, 4) is 11.3 Å². The Morgan fingerprint density at radius 3 is 2.38 bits per heavy atom. The molecule has 2 rings (SSSR count). The molecule has 2 aromatic rings. The Bertz CT molecular complexity index is 403. The first kappa shape index (κ1) is 7.80. The average molecular weight is 171 g/mol. The third-order valence-electron chi connectivity index (χ3n) is 1.83. The monoisotopic (exact) mass is 171 g/mol. The van der Waals surface area contributed by atoms with Crippen LogP contribution in [0.5, 0.6) is 0 Å². The Labute approximate surface area is 76.3 Å². The third-order valence-corrected chi connectivity index (χ3v) is 1.83. The van der Waals surface area contributed by atoms with Gasteiger partial charge in [-0.25, -0.2) is 0 Å². The van der Waals surface area contributed by atoms with Crippen LogP contribution in [0.1, 0.15) is 5.76 Å². The number of hydrogen-bond donors (Lipinski definition) is 1. The van der Waals surface area contributed by atoms with Crippen LogP contribution in [0.25, 0.3) is 11.3 Å². The second-order valence-corrected chi connectivity index (χ2v) is 2.71. The molecule has 0 atom stereocenters. The number of furan rings is 1. The lowest BCUT2D eigenvalue weighted by Crippen LogP contribution is -1.71. The Hall–Kier alpha value is -1.83. The van der Waals surface area contributed by atoms with E-state index in [1.807, 2.05) is 36.4 Å². The van der Waals surface area contributed by atoms with E-state index >= 15 is 0 Å². The van der Waals surface area contributed by atoms with E-state index in [0.29, 0.717) is 5.76 Å². The molecule has 64 valence electrons. The van der Waals surface area contributed by atoms with Gasteiger partial charge in [-0.1, -0.05) is 30.3 Å². The Kier molecular flexibility index (Phi) is 1.96. The topological polar surface area (TPSA) is 37.0 Å². The summed E-state index contributed by atoms with van der Waals surface area (Å²) in [6, 6.07) is 13.5. The number of nitrogens with one attached hydrogen (secondary N) is 1. The van der Waals surface area contributed by atoms with Gasteiger partial charge in [-0.2, -0.15) is 0 Å². The molecule has 1 heterocycles. The second kappa shape index (κ2) is 3.27. The van der Waals surface area contributed by atoms with Crippen molar-refractivity contribution in [3.63, 3.8) is 0 Å². The number of benzene rings is 1. The average Bonchev–Trinajstić information content (AvgIpc) is 2.67. The van der Waals surface area contributed by atoms with Crippen molar-refractivity contribution in [1.29, 1.82) is 5.41 Å². The first-order chi connectivity index (χ1) is 6.40. The van der Waals surface area contributed by atoms with E-state index in [4.69, 9.17) is 9.83 Å². The van der Waals surface area contributed by atoms with Gasteiger partial charge < -0.3 is 9.83 Å². The minimum atomic E-state index is 0.582. The molecule has 0 spiro atoms. The summed E-state index contributed by atoms with van der Waals surface area (Å²) >= 11 is 0. The summed E-state index contributed by atoms with van der Waals surface area (Å²) in [5.74, 6) is 1.39. The maximum absolute atomic E-state index is 7.00. The van der Waals surface area contributed by atoms with Crippen LogP contribution in [0.4, 0.5) is 0 Å². The van der Waals surface area contributed by atoms with Crippen molar-refractivity contribution in [2.75, 3.05) is 0 Å². The van der Waals surface area contributed by atoms with Crippen LogP contribution < -0.4 is 0 Å². The normalized spacial score (nSPS) is 9.85. The molecule has 0 aliphatic carbocycles. The van der Waals surface area contributed by atoms with Gasteiger partial charge in [-0.3, -0.25) is 0 Å². The highest BCUT2D eigenvalue weighted by Gasteiger charge is 2.00. The highest BCUT2D eigenvalue weighted by Crippen LogP contribution is 2.20. The largest absolute Gasteiger partial charge is 0.455 e. The summed E-state index contributed by atoms with van der Waals surface area (Å²) in [5.41, 5.74) is 1.04. The van der Waals surface area contributed by atoms with E-state index in [-0.39, 0.29) is 0 Å². The molecule has 0 radical (unpaired) electrons. The smallest absolute Gasteiger partial charge is 0.145 e. The zero-order chi connectivity index (χ0) is 9.10. The minimum absolute atomic E-state index is 0.582. The number of hydrogen-bond acceptors (Lipinski definition) is 2. The van der Waals surface area contributed by atoms with E-state index in [0.717, 1.165) is 11.3 Å². The lowest BCUT2D eigenvalue weighted by molar-refractivity contribution is 0.574. The molecule has 0 fully saturated rings. The first-order valence-corrected chi connectivity index (χ1v) is 4.06. The lowest BCUT2D eigenvalue weighted by Gasteiger charge is -1.93. The van der Waals surface area contributed by atoms with Gasteiger partial charge in [0.1, 0.15) is 11.5 Å². The highest BCUT2D eigenvalue weighted by atomic mass is 16.3. The summed E-state index contributed by atoms with van der Waals surface area (Å²) in [7, 11) is 0. The van der Waals surface area contributed by atoms with E-state index in [1.165, 1.54) is 6.21 Å². The van der Waals surface area contributed by atoms with E-state index in [9.17, 15) is 0 Å². The van der Waals surface area contributed by atoms with Gasteiger partial charge in [-0.05, 0) is 12.1 Å². The van der Waals surface area contributed by atoms with Gasteiger partial charge >= 0.3 is 0 Å². The summed E-state index contributed by atoms with van der Waals surface area (Å²) in [5, 5.41) is 7.00.